The van der Waals surface area contributed by atoms with E-state index in [1.807, 2.05) is 6.92 Å². The van der Waals surface area contributed by atoms with Crippen molar-refractivity contribution in [2.45, 2.75) is 20.3 Å². The molecule has 1 heterocycles. The number of nitrogens with zero attached hydrogens (tertiary/aromatic N) is 1. The smallest absolute Gasteiger partial charge is 0.104 e. The number of nitrogens with one attached hydrogen (secondary N) is 1. The first-order chi connectivity index (χ1) is 7.78. The zero-order valence-electron chi connectivity index (χ0n) is 9.54. The van der Waals surface area contributed by atoms with Crippen LogP contribution in [0.4, 0.5) is 0 Å². The Morgan fingerprint density at radius 3 is 2.88 bits per heavy atom. The third kappa shape index (κ3) is 1.30. The van der Waals surface area contributed by atoms with Crippen molar-refractivity contribution < 1.29 is 0 Å². The summed E-state index contributed by atoms with van der Waals surface area (Å²) < 4.78 is 0. The summed E-state index contributed by atoms with van der Waals surface area (Å²) in [4.78, 5) is 7.81. The summed E-state index contributed by atoms with van der Waals surface area (Å²) in [6.07, 6.45) is 1.08. The van der Waals surface area contributed by atoms with Crippen LogP contribution in [0, 0.1) is 6.92 Å². The molecular formula is C14H14N2. The summed E-state index contributed by atoms with van der Waals surface area (Å²) in [6.45, 7) is 4.17. The second-order valence-corrected chi connectivity index (χ2v) is 4.19. The van der Waals surface area contributed by atoms with Crippen molar-refractivity contribution in [2.75, 3.05) is 0 Å². The highest BCUT2D eigenvalue weighted by Gasteiger charge is 2.04. The average molecular weight is 210 g/mol. The first-order valence-corrected chi connectivity index (χ1v) is 5.66. The number of hydrogen-bond donors (Lipinski definition) is 1. The molecule has 0 aliphatic heterocycles. The van der Waals surface area contributed by atoms with Crippen LogP contribution < -0.4 is 0 Å². The largest absolute Gasteiger partial charge is 0.342 e. The summed E-state index contributed by atoms with van der Waals surface area (Å²) in [5.41, 5.74) is 3.58. The molecule has 1 N–H and O–H groups in total. The monoisotopic (exact) mass is 210 g/mol. The standard InChI is InChI=1S/C14H14N2/c1-3-10-4-6-12-11(8-10)5-7-13-14(12)16-9(2)15-13/h4-8H,3H2,1-2H3,(H,15,16). The number of H-pyrrole nitrogens is 1. The van der Waals surface area contributed by atoms with Gasteiger partial charge in [0.2, 0.25) is 0 Å². The molecule has 80 valence electrons. The summed E-state index contributed by atoms with van der Waals surface area (Å²) in [6, 6.07) is 10.9. The van der Waals surface area contributed by atoms with Crippen LogP contribution in [0.2, 0.25) is 0 Å². The molecule has 16 heavy (non-hydrogen) atoms. The fourth-order valence-electron chi connectivity index (χ4n) is 2.19. The highest BCUT2D eigenvalue weighted by molar-refractivity contribution is 6.04. The molecule has 0 saturated carbocycles. The minimum absolute atomic E-state index is 0.974. The van der Waals surface area contributed by atoms with Gasteiger partial charge in [-0.2, -0.15) is 0 Å². The van der Waals surface area contributed by atoms with Crippen LogP contribution in [0.1, 0.15) is 18.3 Å². The van der Waals surface area contributed by atoms with Gasteiger partial charge in [0.1, 0.15) is 5.82 Å². The average Bonchev–Trinajstić information content (AvgIpc) is 2.69. The summed E-state index contributed by atoms with van der Waals surface area (Å²) in [5.74, 6) is 0.974. The quantitative estimate of drug-likeness (QED) is 0.653. The molecule has 1 aromatic heterocycles. The number of hydrogen-bond acceptors (Lipinski definition) is 1. The topological polar surface area (TPSA) is 28.7 Å². The van der Waals surface area contributed by atoms with E-state index in [-0.39, 0.29) is 0 Å². The van der Waals surface area contributed by atoms with Crippen LogP contribution in [0.25, 0.3) is 21.8 Å². The van der Waals surface area contributed by atoms with Gasteiger partial charge in [-0.05, 0) is 30.4 Å². The minimum Gasteiger partial charge on any atom is -0.342 e. The summed E-state index contributed by atoms with van der Waals surface area (Å²) >= 11 is 0. The molecule has 3 aromatic rings. The molecular weight excluding hydrogens is 196 g/mol. The molecule has 0 saturated heterocycles. The van der Waals surface area contributed by atoms with Gasteiger partial charge in [-0.15, -0.1) is 0 Å². The lowest BCUT2D eigenvalue weighted by molar-refractivity contribution is 1.15. The molecule has 3 rings (SSSR count). The van der Waals surface area contributed by atoms with Crippen molar-refractivity contribution in [3.8, 4) is 0 Å². The maximum absolute atomic E-state index is 4.54. The molecule has 2 nitrogen and oxygen atoms in total. The van der Waals surface area contributed by atoms with Gasteiger partial charge < -0.3 is 4.98 Å². The van der Waals surface area contributed by atoms with E-state index in [2.05, 4.69) is 47.2 Å². The molecule has 0 radical (unpaired) electrons. The van der Waals surface area contributed by atoms with Gasteiger partial charge in [-0.3, -0.25) is 0 Å². The van der Waals surface area contributed by atoms with Crippen LogP contribution >= 0.6 is 0 Å². The van der Waals surface area contributed by atoms with E-state index in [9.17, 15) is 0 Å². The first kappa shape index (κ1) is 9.40. The number of fused-ring (bicyclic) bond motifs is 3. The second-order valence-electron chi connectivity index (χ2n) is 4.19. The van der Waals surface area contributed by atoms with Crippen molar-refractivity contribution >= 4 is 21.8 Å². The molecule has 2 aromatic carbocycles. The summed E-state index contributed by atoms with van der Waals surface area (Å²) in [7, 11) is 0. The lowest BCUT2D eigenvalue weighted by Gasteiger charge is -2.01. The van der Waals surface area contributed by atoms with E-state index in [1.54, 1.807) is 0 Å². The molecule has 0 atom stereocenters. The van der Waals surface area contributed by atoms with E-state index in [4.69, 9.17) is 0 Å². The van der Waals surface area contributed by atoms with Gasteiger partial charge in [-0.1, -0.05) is 31.2 Å². The Morgan fingerprint density at radius 2 is 2.06 bits per heavy atom. The fourth-order valence-corrected chi connectivity index (χ4v) is 2.19. The van der Waals surface area contributed by atoms with Crippen molar-refractivity contribution in [3.63, 3.8) is 0 Å². The maximum Gasteiger partial charge on any atom is 0.104 e. The lowest BCUT2D eigenvalue weighted by atomic mass is 10.0. The van der Waals surface area contributed by atoms with Crippen LogP contribution in [-0.4, -0.2) is 9.97 Å². The molecule has 0 fully saturated rings. The molecule has 0 aliphatic rings. The molecule has 0 spiro atoms. The highest BCUT2D eigenvalue weighted by Crippen LogP contribution is 2.24. The zero-order valence-corrected chi connectivity index (χ0v) is 9.54. The normalized spacial score (nSPS) is 11.4. The van der Waals surface area contributed by atoms with Gasteiger partial charge in [0.05, 0.1) is 11.0 Å². The van der Waals surface area contributed by atoms with Crippen LogP contribution in [-0.2, 0) is 6.42 Å². The van der Waals surface area contributed by atoms with Gasteiger partial charge in [-0.25, -0.2) is 4.98 Å². The number of aromatic nitrogens is 2. The number of benzene rings is 2. The molecule has 2 heteroatoms. The molecule has 0 amide bonds. The van der Waals surface area contributed by atoms with Gasteiger partial charge in [0, 0.05) is 5.39 Å². The van der Waals surface area contributed by atoms with Crippen LogP contribution in [0.3, 0.4) is 0 Å². The van der Waals surface area contributed by atoms with Crippen LogP contribution in [0.5, 0.6) is 0 Å². The van der Waals surface area contributed by atoms with E-state index in [1.165, 1.54) is 16.3 Å². The minimum atomic E-state index is 0.974. The van der Waals surface area contributed by atoms with E-state index < -0.39 is 0 Å². The van der Waals surface area contributed by atoms with Gasteiger partial charge >= 0.3 is 0 Å². The van der Waals surface area contributed by atoms with E-state index in [0.717, 1.165) is 23.3 Å². The highest BCUT2D eigenvalue weighted by atomic mass is 14.9. The Bertz CT molecular complexity index is 665. The fraction of sp³-hybridized carbons (Fsp3) is 0.214. The van der Waals surface area contributed by atoms with E-state index in [0.29, 0.717) is 0 Å². The Labute approximate surface area is 94.3 Å². The molecule has 0 aliphatic carbocycles. The second kappa shape index (κ2) is 3.34. The lowest BCUT2D eigenvalue weighted by Crippen LogP contribution is -1.81. The number of rotatable bonds is 1. The third-order valence-corrected chi connectivity index (χ3v) is 3.06. The summed E-state index contributed by atoms with van der Waals surface area (Å²) in [5, 5.41) is 2.51. The number of aromatic amines is 1. The predicted octanol–water partition coefficient (Wildman–Crippen LogP) is 3.59. The van der Waals surface area contributed by atoms with Gasteiger partial charge in [0.15, 0.2) is 0 Å². The third-order valence-electron chi connectivity index (χ3n) is 3.06. The SMILES string of the molecule is CCc1ccc2c(ccc3[nH]c(C)nc32)c1. The van der Waals surface area contributed by atoms with Crippen LogP contribution in [0.15, 0.2) is 30.3 Å². The number of imidazole rings is 1. The first-order valence-electron chi connectivity index (χ1n) is 5.66. The Kier molecular flexibility index (Phi) is 1.96. The Balaban J connectivity index is 2.42. The van der Waals surface area contributed by atoms with Crippen molar-refractivity contribution in [1.29, 1.82) is 0 Å². The maximum atomic E-state index is 4.54. The molecule has 0 bridgehead atoms. The number of aryl methyl sites for hydroxylation is 2. The Morgan fingerprint density at radius 1 is 1.19 bits per heavy atom. The zero-order chi connectivity index (χ0) is 11.1. The van der Waals surface area contributed by atoms with Gasteiger partial charge in [0.25, 0.3) is 0 Å². The predicted molar refractivity (Wildman–Crippen MR) is 67.7 cm³/mol. The Hall–Kier alpha value is -1.83. The molecule has 0 unspecified atom stereocenters. The van der Waals surface area contributed by atoms with Crippen molar-refractivity contribution in [2.24, 2.45) is 0 Å². The van der Waals surface area contributed by atoms with E-state index >= 15 is 0 Å². The van der Waals surface area contributed by atoms with Crippen molar-refractivity contribution in [3.05, 3.63) is 41.7 Å². The van der Waals surface area contributed by atoms with Crippen molar-refractivity contribution in [1.82, 2.24) is 9.97 Å².